The third kappa shape index (κ3) is 4.85. The Hall–Kier alpha value is -4.20. The van der Waals surface area contributed by atoms with Crippen molar-refractivity contribution in [1.82, 2.24) is 9.88 Å². The van der Waals surface area contributed by atoms with Crippen LogP contribution >= 0.6 is 0 Å². The molecule has 0 radical (unpaired) electrons. The number of anilines is 1. The van der Waals surface area contributed by atoms with E-state index >= 15 is 0 Å². The summed E-state index contributed by atoms with van der Waals surface area (Å²) in [6.07, 6.45) is 0.597. The van der Waals surface area contributed by atoms with Crippen molar-refractivity contribution in [3.05, 3.63) is 83.7 Å². The second-order valence-corrected chi connectivity index (χ2v) is 7.75. The zero-order chi connectivity index (χ0) is 23.4. The molecule has 2 amide bonds. The predicted molar refractivity (Wildman–Crippen MR) is 122 cm³/mol. The standard InChI is InChI=1S/C25H23N3O5/c1-28(13-12-23(29)30)24(31)22-11-10-16(14-26-22)27-25(32)33-15-21-19-8-4-2-6-17(19)18-7-3-5-9-20(18)21/h2-11,14,21H,12-13,15H2,1H3,(H,27,32)(H,29,30). The van der Waals surface area contributed by atoms with Gasteiger partial charge in [-0.25, -0.2) is 9.78 Å². The number of fused-ring (bicyclic) bond motifs is 3. The van der Waals surface area contributed by atoms with Crippen LogP contribution in [0.1, 0.15) is 34.0 Å². The molecule has 0 saturated carbocycles. The summed E-state index contributed by atoms with van der Waals surface area (Å²) >= 11 is 0. The molecule has 0 spiro atoms. The number of nitrogens with zero attached hydrogens (tertiary/aromatic N) is 2. The normalized spacial score (nSPS) is 11.9. The zero-order valence-electron chi connectivity index (χ0n) is 18.0. The third-order valence-electron chi connectivity index (χ3n) is 5.58. The molecule has 1 aromatic heterocycles. The molecule has 0 bridgehead atoms. The lowest BCUT2D eigenvalue weighted by molar-refractivity contribution is -0.137. The maximum atomic E-state index is 12.4. The topological polar surface area (TPSA) is 109 Å². The summed E-state index contributed by atoms with van der Waals surface area (Å²) in [6.45, 7) is 0.272. The number of rotatable bonds is 7. The number of nitrogens with one attached hydrogen (secondary N) is 1. The fraction of sp³-hybridized carbons (Fsp3) is 0.200. The van der Waals surface area contributed by atoms with Gasteiger partial charge in [0.15, 0.2) is 0 Å². The van der Waals surface area contributed by atoms with Gasteiger partial charge in [-0.15, -0.1) is 0 Å². The van der Waals surface area contributed by atoms with Gasteiger partial charge in [-0.3, -0.25) is 14.9 Å². The number of ether oxygens (including phenoxy) is 1. The number of aromatic nitrogens is 1. The summed E-state index contributed by atoms with van der Waals surface area (Å²) in [5.41, 5.74) is 5.10. The number of carbonyl (C=O) groups is 3. The van der Waals surface area contributed by atoms with Crippen molar-refractivity contribution in [3.63, 3.8) is 0 Å². The molecule has 1 aliphatic rings. The molecule has 1 aliphatic carbocycles. The van der Waals surface area contributed by atoms with Crippen LogP contribution in [-0.4, -0.2) is 53.2 Å². The predicted octanol–water partition coefficient (Wildman–Crippen LogP) is 3.99. The van der Waals surface area contributed by atoms with Gasteiger partial charge in [0.05, 0.1) is 18.3 Å². The van der Waals surface area contributed by atoms with E-state index < -0.39 is 18.0 Å². The Morgan fingerprint density at radius 2 is 1.64 bits per heavy atom. The van der Waals surface area contributed by atoms with Crippen LogP contribution in [0.3, 0.4) is 0 Å². The van der Waals surface area contributed by atoms with Crippen molar-refractivity contribution in [1.29, 1.82) is 0 Å². The summed E-state index contributed by atoms with van der Waals surface area (Å²) in [6, 6.07) is 19.2. The van der Waals surface area contributed by atoms with Crippen molar-refractivity contribution >= 4 is 23.7 Å². The van der Waals surface area contributed by atoms with Crippen molar-refractivity contribution in [2.24, 2.45) is 0 Å². The molecule has 0 unspecified atom stereocenters. The van der Waals surface area contributed by atoms with Gasteiger partial charge in [0, 0.05) is 19.5 Å². The molecule has 8 heteroatoms. The number of aliphatic carboxylic acids is 1. The fourth-order valence-corrected chi connectivity index (χ4v) is 3.91. The first-order valence-corrected chi connectivity index (χ1v) is 10.5. The molecule has 33 heavy (non-hydrogen) atoms. The largest absolute Gasteiger partial charge is 0.481 e. The molecule has 8 nitrogen and oxygen atoms in total. The maximum absolute atomic E-state index is 12.4. The molecule has 168 valence electrons. The van der Waals surface area contributed by atoms with Gasteiger partial charge in [-0.05, 0) is 34.4 Å². The molecular formula is C25H23N3O5. The highest BCUT2D eigenvalue weighted by molar-refractivity contribution is 5.93. The third-order valence-corrected chi connectivity index (χ3v) is 5.58. The van der Waals surface area contributed by atoms with Gasteiger partial charge in [0.2, 0.25) is 0 Å². The highest BCUT2D eigenvalue weighted by atomic mass is 16.5. The Kier molecular flexibility index (Phi) is 6.35. The van der Waals surface area contributed by atoms with E-state index in [9.17, 15) is 14.4 Å². The van der Waals surface area contributed by atoms with E-state index in [0.29, 0.717) is 5.69 Å². The second kappa shape index (κ2) is 9.52. The minimum atomic E-state index is -0.981. The number of carboxylic acids is 1. The van der Waals surface area contributed by atoms with Crippen molar-refractivity contribution in [2.75, 3.05) is 25.5 Å². The highest BCUT2D eigenvalue weighted by Gasteiger charge is 2.29. The van der Waals surface area contributed by atoms with E-state index in [4.69, 9.17) is 9.84 Å². The number of amides is 2. The first-order chi connectivity index (χ1) is 15.9. The fourth-order valence-electron chi connectivity index (χ4n) is 3.91. The average molecular weight is 445 g/mol. The quantitative estimate of drug-likeness (QED) is 0.569. The maximum Gasteiger partial charge on any atom is 0.411 e. The molecule has 4 rings (SSSR count). The lowest BCUT2D eigenvalue weighted by Crippen LogP contribution is -2.29. The van der Waals surface area contributed by atoms with Crippen LogP contribution in [0, 0.1) is 0 Å². The van der Waals surface area contributed by atoms with E-state index in [2.05, 4.69) is 34.6 Å². The van der Waals surface area contributed by atoms with Crippen LogP contribution in [0.15, 0.2) is 66.9 Å². The van der Waals surface area contributed by atoms with E-state index in [1.165, 1.54) is 24.2 Å². The van der Waals surface area contributed by atoms with E-state index in [-0.39, 0.29) is 31.2 Å². The summed E-state index contributed by atoms with van der Waals surface area (Å²) < 4.78 is 5.51. The highest BCUT2D eigenvalue weighted by Crippen LogP contribution is 2.44. The number of carbonyl (C=O) groups excluding carboxylic acids is 2. The van der Waals surface area contributed by atoms with Gasteiger partial charge in [-0.2, -0.15) is 0 Å². The number of hydrogen-bond acceptors (Lipinski definition) is 5. The molecule has 0 saturated heterocycles. The zero-order valence-corrected chi connectivity index (χ0v) is 18.0. The summed E-state index contributed by atoms with van der Waals surface area (Å²) in [5, 5.41) is 11.4. The smallest absolute Gasteiger partial charge is 0.411 e. The molecular weight excluding hydrogens is 422 g/mol. The second-order valence-electron chi connectivity index (χ2n) is 7.75. The number of benzene rings is 2. The van der Waals surface area contributed by atoms with Crippen LogP contribution in [0.2, 0.25) is 0 Å². The molecule has 2 N–H and O–H groups in total. The monoisotopic (exact) mass is 445 g/mol. The SMILES string of the molecule is CN(CCC(=O)O)C(=O)c1ccc(NC(=O)OCC2c3ccccc3-c3ccccc32)cn1. The summed E-state index contributed by atoms with van der Waals surface area (Å²) in [7, 11) is 1.51. The number of pyridine rings is 1. The van der Waals surface area contributed by atoms with Crippen molar-refractivity contribution in [3.8, 4) is 11.1 Å². The van der Waals surface area contributed by atoms with Gasteiger partial charge in [0.1, 0.15) is 12.3 Å². The lowest BCUT2D eigenvalue weighted by Gasteiger charge is -2.16. The molecule has 0 atom stereocenters. The first-order valence-electron chi connectivity index (χ1n) is 10.5. The molecule has 0 aliphatic heterocycles. The van der Waals surface area contributed by atoms with Crippen LogP contribution in [0.5, 0.6) is 0 Å². The van der Waals surface area contributed by atoms with Gasteiger partial charge in [-0.1, -0.05) is 48.5 Å². The molecule has 1 heterocycles. The summed E-state index contributed by atoms with van der Waals surface area (Å²) in [4.78, 5) is 40.7. The minimum Gasteiger partial charge on any atom is -0.481 e. The Morgan fingerprint density at radius 1 is 1.00 bits per heavy atom. The van der Waals surface area contributed by atoms with Crippen molar-refractivity contribution < 1.29 is 24.2 Å². The van der Waals surface area contributed by atoms with Crippen LogP contribution < -0.4 is 5.32 Å². The molecule has 2 aromatic carbocycles. The summed E-state index contributed by atoms with van der Waals surface area (Å²) in [5.74, 6) is -1.42. The van der Waals surface area contributed by atoms with Crippen LogP contribution in [0.25, 0.3) is 11.1 Å². The van der Waals surface area contributed by atoms with Crippen LogP contribution in [-0.2, 0) is 9.53 Å². The van der Waals surface area contributed by atoms with E-state index in [1.807, 2.05) is 24.3 Å². The molecule has 0 fully saturated rings. The van der Waals surface area contributed by atoms with Gasteiger partial charge < -0.3 is 14.7 Å². The van der Waals surface area contributed by atoms with E-state index in [0.717, 1.165) is 22.3 Å². The molecule has 3 aromatic rings. The van der Waals surface area contributed by atoms with Crippen molar-refractivity contribution in [2.45, 2.75) is 12.3 Å². The van der Waals surface area contributed by atoms with Gasteiger partial charge in [0.25, 0.3) is 5.91 Å². The van der Waals surface area contributed by atoms with Crippen LogP contribution in [0.4, 0.5) is 10.5 Å². The number of hydrogen-bond donors (Lipinski definition) is 2. The average Bonchev–Trinajstić information content (AvgIpc) is 3.15. The van der Waals surface area contributed by atoms with Gasteiger partial charge >= 0.3 is 12.1 Å². The first kappa shape index (κ1) is 22.0. The Morgan fingerprint density at radius 3 is 2.21 bits per heavy atom. The minimum absolute atomic E-state index is 0.0392. The lowest BCUT2D eigenvalue weighted by atomic mass is 9.98. The number of carboxylic acid groups (broad SMARTS) is 1. The Balaban J connectivity index is 1.35. The Labute approximate surface area is 190 Å². The Bertz CT molecular complexity index is 1150. The van der Waals surface area contributed by atoms with E-state index in [1.54, 1.807) is 6.07 Å².